The highest BCUT2D eigenvalue weighted by atomic mass is 79.9. The third-order valence-corrected chi connectivity index (χ3v) is 9.21. The quantitative estimate of drug-likeness (QED) is 0.183. The van der Waals surface area contributed by atoms with E-state index in [0.29, 0.717) is 0 Å². The molecule has 3 heteroatoms. The Kier molecular flexibility index (Phi) is 6.91. The maximum Gasteiger partial charge on any atom is 0.0605 e. The fourth-order valence-electron chi connectivity index (χ4n) is 6.37. The number of aryl methyl sites for hydroxylation is 1. The molecule has 6 aromatic rings. The first-order valence-electron chi connectivity index (χ1n) is 14.7. The number of benzene rings is 6. The molecule has 0 saturated carbocycles. The summed E-state index contributed by atoms with van der Waals surface area (Å²) in [4.78, 5) is 4.65. The van der Waals surface area contributed by atoms with Crippen LogP contribution in [0.1, 0.15) is 30.5 Å². The fourth-order valence-corrected chi connectivity index (χ4v) is 6.91. The maximum atomic E-state index is 3.99. The summed E-state index contributed by atoms with van der Waals surface area (Å²) < 4.78 is 1.02. The molecule has 0 heterocycles. The van der Waals surface area contributed by atoms with Gasteiger partial charge in [-0.1, -0.05) is 98.3 Å². The summed E-state index contributed by atoms with van der Waals surface area (Å²) in [6.45, 7) is 6.80. The first-order valence-corrected chi connectivity index (χ1v) is 15.5. The van der Waals surface area contributed by atoms with Crippen LogP contribution in [-0.2, 0) is 5.41 Å². The van der Waals surface area contributed by atoms with Crippen LogP contribution in [0.25, 0.3) is 11.1 Å². The van der Waals surface area contributed by atoms with E-state index in [-0.39, 0.29) is 5.41 Å². The minimum atomic E-state index is -0.0705. The third kappa shape index (κ3) is 4.84. The number of nitrogens with zero attached hydrogens (tertiary/aromatic N) is 2. The second-order valence-electron chi connectivity index (χ2n) is 11.7. The lowest BCUT2D eigenvalue weighted by Gasteiger charge is -2.30. The summed E-state index contributed by atoms with van der Waals surface area (Å²) in [5.74, 6) is 0. The van der Waals surface area contributed by atoms with Crippen molar-refractivity contribution >= 4 is 50.1 Å². The number of hydrogen-bond acceptors (Lipinski definition) is 2. The Morgan fingerprint density at radius 3 is 1.65 bits per heavy atom. The van der Waals surface area contributed by atoms with E-state index in [9.17, 15) is 0 Å². The average molecular weight is 622 g/mol. The van der Waals surface area contributed by atoms with Gasteiger partial charge in [0.2, 0.25) is 0 Å². The number of para-hydroxylation sites is 2. The van der Waals surface area contributed by atoms with Gasteiger partial charge in [0.1, 0.15) is 0 Å². The van der Waals surface area contributed by atoms with Gasteiger partial charge in [-0.15, -0.1) is 0 Å². The Bertz CT molecular complexity index is 1910. The van der Waals surface area contributed by atoms with Crippen LogP contribution >= 0.6 is 15.9 Å². The monoisotopic (exact) mass is 620 g/mol. The third-order valence-electron chi connectivity index (χ3n) is 8.58. The van der Waals surface area contributed by atoms with Gasteiger partial charge in [0, 0.05) is 38.3 Å². The molecule has 6 aromatic carbocycles. The fraction of sp³-hybridized carbons (Fsp3) is 0.100. The topological polar surface area (TPSA) is 6.48 Å². The highest BCUT2D eigenvalue weighted by Crippen LogP contribution is 2.51. The molecule has 0 spiro atoms. The molecule has 43 heavy (non-hydrogen) atoms. The van der Waals surface area contributed by atoms with Gasteiger partial charge < -0.3 is 9.80 Å². The number of rotatable bonds is 6. The van der Waals surface area contributed by atoms with Crippen LogP contribution in [0.4, 0.5) is 34.1 Å². The smallest absolute Gasteiger partial charge is 0.0605 e. The van der Waals surface area contributed by atoms with E-state index >= 15 is 0 Å². The van der Waals surface area contributed by atoms with Crippen molar-refractivity contribution in [2.45, 2.75) is 26.2 Å². The zero-order valence-corrected chi connectivity index (χ0v) is 26.2. The molecule has 0 amide bonds. The van der Waals surface area contributed by atoms with Gasteiger partial charge in [-0.3, -0.25) is 0 Å². The van der Waals surface area contributed by atoms with Gasteiger partial charge in [0.25, 0.3) is 0 Å². The summed E-state index contributed by atoms with van der Waals surface area (Å²) in [6.07, 6.45) is 0. The second kappa shape index (κ2) is 10.9. The maximum absolute atomic E-state index is 3.99. The minimum Gasteiger partial charge on any atom is -0.310 e. The van der Waals surface area contributed by atoms with Crippen molar-refractivity contribution in [3.8, 4) is 11.1 Å². The average Bonchev–Trinajstić information content (AvgIpc) is 3.26. The van der Waals surface area contributed by atoms with E-state index in [4.69, 9.17) is 0 Å². The van der Waals surface area contributed by atoms with Crippen LogP contribution in [0.15, 0.2) is 150 Å². The van der Waals surface area contributed by atoms with Crippen molar-refractivity contribution < 1.29 is 0 Å². The molecular weight excluding hydrogens is 588 g/mol. The van der Waals surface area contributed by atoms with E-state index in [0.717, 1.165) is 38.6 Å². The Labute approximate surface area is 263 Å². The normalized spacial score (nSPS) is 12.8. The molecule has 0 atom stereocenters. The van der Waals surface area contributed by atoms with Crippen LogP contribution in [0.3, 0.4) is 0 Å². The molecule has 0 aromatic heterocycles. The zero-order chi connectivity index (χ0) is 29.6. The van der Waals surface area contributed by atoms with E-state index in [1.165, 1.54) is 27.8 Å². The summed E-state index contributed by atoms with van der Waals surface area (Å²) in [6, 6.07) is 52.3. The molecular formula is C40H33BrN2. The van der Waals surface area contributed by atoms with Crippen LogP contribution in [0, 0.1) is 6.92 Å². The molecule has 2 nitrogen and oxygen atoms in total. The zero-order valence-electron chi connectivity index (χ0n) is 24.6. The van der Waals surface area contributed by atoms with E-state index < -0.39 is 0 Å². The Hall–Kier alpha value is -4.60. The summed E-state index contributed by atoms with van der Waals surface area (Å²) in [5.41, 5.74) is 13.2. The number of fused-ring (bicyclic) bond motifs is 3. The van der Waals surface area contributed by atoms with Gasteiger partial charge in [-0.2, -0.15) is 0 Å². The molecule has 7 rings (SSSR count). The van der Waals surface area contributed by atoms with Crippen LogP contribution in [-0.4, -0.2) is 0 Å². The number of anilines is 6. The Balaban J connectivity index is 1.35. The molecule has 1 aliphatic carbocycles. The predicted molar refractivity (Wildman–Crippen MR) is 186 cm³/mol. The molecule has 0 bridgehead atoms. The SMILES string of the molecule is Cc1ccc(N(c2ccccc2)c2ccc(N(c3ccccc3)c3ccc4c(c3)C(C)(C)c3ccccc3-4)cc2Br)cc1. The standard InChI is InChI=1S/C40H33BrN2/c1-28-18-20-31(21-19-28)43(30-14-8-5-9-15-30)39-25-23-33(27-38(39)41)42(29-12-6-4-7-13-29)32-22-24-35-34-16-10-11-17-36(34)40(2,3)37(35)26-32/h4-27H,1-3H3. The highest BCUT2D eigenvalue weighted by Gasteiger charge is 2.35. The van der Waals surface area contributed by atoms with Crippen LogP contribution in [0.5, 0.6) is 0 Å². The van der Waals surface area contributed by atoms with Crippen molar-refractivity contribution in [1.29, 1.82) is 0 Å². The molecule has 210 valence electrons. The Morgan fingerprint density at radius 2 is 0.977 bits per heavy atom. The van der Waals surface area contributed by atoms with Crippen molar-refractivity contribution in [3.05, 3.63) is 167 Å². The summed E-state index contributed by atoms with van der Waals surface area (Å²) in [5, 5.41) is 0. The molecule has 0 saturated heterocycles. The second-order valence-corrected chi connectivity index (χ2v) is 12.6. The van der Waals surface area contributed by atoms with Gasteiger partial charge in [-0.05, 0) is 112 Å². The lowest BCUT2D eigenvalue weighted by atomic mass is 9.82. The molecule has 0 radical (unpaired) electrons. The summed E-state index contributed by atoms with van der Waals surface area (Å²) >= 11 is 3.99. The predicted octanol–water partition coefficient (Wildman–Crippen LogP) is 12.0. The molecule has 1 aliphatic rings. The van der Waals surface area contributed by atoms with Crippen molar-refractivity contribution in [2.24, 2.45) is 0 Å². The summed E-state index contributed by atoms with van der Waals surface area (Å²) in [7, 11) is 0. The van der Waals surface area contributed by atoms with Gasteiger partial charge >= 0.3 is 0 Å². The van der Waals surface area contributed by atoms with E-state index in [1.807, 2.05) is 0 Å². The minimum absolute atomic E-state index is 0.0705. The van der Waals surface area contributed by atoms with Gasteiger partial charge in [0.15, 0.2) is 0 Å². The molecule has 0 fully saturated rings. The van der Waals surface area contributed by atoms with Gasteiger partial charge in [0.05, 0.1) is 5.69 Å². The lowest BCUT2D eigenvalue weighted by Crippen LogP contribution is -2.16. The van der Waals surface area contributed by atoms with E-state index in [2.05, 4.69) is 192 Å². The largest absolute Gasteiger partial charge is 0.310 e. The van der Waals surface area contributed by atoms with Crippen LogP contribution in [0.2, 0.25) is 0 Å². The highest BCUT2D eigenvalue weighted by molar-refractivity contribution is 9.10. The van der Waals surface area contributed by atoms with Crippen LogP contribution < -0.4 is 9.80 Å². The van der Waals surface area contributed by atoms with Gasteiger partial charge in [-0.25, -0.2) is 0 Å². The molecule has 0 N–H and O–H groups in total. The molecule has 0 unspecified atom stereocenters. The lowest BCUT2D eigenvalue weighted by molar-refractivity contribution is 0.660. The van der Waals surface area contributed by atoms with Crippen molar-refractivity contribution in [3.63, 3.8) is 0 Å². The van der Waals surface area contributed by atoms with Crippen molar-refractivity contribution in [1.82, 2.24) is 0 Å². The van der Waals surface area contributed by atoms with E-state index in [1.54, 1.807) is 0 Å². The van der Waals surface area contributed by atoms with Crippen molar-refractivity contribution in [2.75, 3.05) is 9.80 Å². The molecule has 0 aliphatic heterocycles. The Morgan fingerprint density at radius 1 is 0.465 bits per heavy atom. The first-order chi connectivity index (χ1) is 20.9. The number of halogens is 1. The number of hydrogen-bond donors (Lipinski definition) is 0. The first kappa shape index (κ1) is 27.2.